The Balaban J connectivity index is 0.00000576. The molecular formula is C14H23N2O9. The molecule has 0 spiro atoms. The van der Waals surface area contributed by atoms with E-state index in [9.17, 15) is 19.2 Å². The number of nitrogens with zero attached hydrogens (tertiary/aromatic N) is 2. The fraction of sp³-hybridized carbons (Fsp3) is 0.714. The van der Waals surface area contributed by atoms with E-state index >= 15 is 0 Å². The molecule has 1 radical (unpaired) electrons. The summed E-state index contributed by atoms with van der Waals surface area (Å²) in [4.78, 5) is 46.7. The second-order valence-corrected chi connectivity index (χ2v) is 5.80. The van der Waals surface area contributed by atoms with Crippen molar-refractivity contribution in [1.82, 2.24) is 9.80 Å². The van der Waals surface area contributed by atoms with Gasteiger partial charge in [0.05, 0.1) is 26.2 Å². The molecule has 0 bridgehead atoms. The number of aliphatic carboxylic acids is 4. The van der Waals surface area contributed by atoms with E-state index in [1.54, 1.807) is 0 Å². The predicted octanol–water partition coefficient (Wildman–Crippen LogP) is -0.937. The summed E-state index contributed by atoms with van der Waals surface area (Å²) in [6.45, 7) is -1.99. The summed E-state index contributed by atoms with van der Waals surface area (Å²) in [6, 6.07) is -1.05. The van der Waals surface area contributed by atoms with E-state index in [-0.39, 0.29) is 5.48 Å². The third kappa shape index (κ3) is 7.92. The van der Waals surface area contributed by atoms with Crippen molar-refractivity contribution in [3.05, 3.63) is 0 Å². The van der Waals surface area contributed by atoms with Crippen molar-refractivity contribution in [3.8, 4) is 0 Å². The lowest BCUT2D eigenvalue weighted by Crippen LogP contribution is -2.57. The van der Waals surface area contributed by atoms with Gasteiger partial charge < -0.3 is 20.4 Å². The van der Waals surface area contributed by atoms with E-state index in [0.717, 1.165) is 12.8 Å². The van der Waals surface area contributed by atoms with Crippen molar-refractivity contribution in [1.29, 1.82) is 0 Å². The number of hydrogen-bond donors (Lipinski definition) is 5. The lowest BCUT2D eigenvalue weighted by molar-refractivity contribution is -0.149. The van der Waals surface area contributed by atoms with Gasteiger partial charge in [-0.15, -0.1) is 0 Å². The van der Waals surface area contributed by atoms with Crippen LogP contribution in [0, 0.1) is 0 Å². The van der Waals surface area contributed by atoms with Crippen LogP contribution in [0.25, 0.3) is 0 Å². The summed E-state index contributed by atoms with van der Waals surface area (Å²) in [6.07, 6.45) is 2.46. The molecule has 11 nitrogen and oxygen atoms in total. The first-order valence-corrected chi connectivity index (χ1v) is 7.56. The molecule has 2 atom stereocenters. The molecule has 1 aliphatic carbocycles. The fourth-order valence-corrected chi connectivity index (χ4v) is 3.22. The minimum Gasteiger partial charge on any atom is -0.480 e. The summed E-state index contributed by atoms with van der Waals surface area (Å²) in [7, 11) is 0. The Morgan fingerprint density at radius 3 is 1.08 bits per heavy atom. The van der Waals surface area contributed by atoms with Crippen LogP contribution in [0.2, 0.25) is 0 Å². The highest BCUT2D eigenvalue weighted by Crippen LogP contribution is 2.27. The predicted molar refractivity (Wildman–Crippen MR) is 81.7 cm³/mol. The van der Waals surface area contributed by atoms with Crippen molar-refractivity contribution in [2.24, 2.45) is 0 Å². The van der Waals surface area contributed by atoms with Gasteiger partial charge in [0, 0.05) is 12.1 Å². The molecule has 1 saturated carbocycles. The molecule has 1 rings (SSSR count). The van der Waals surface area contributed by atoms with E-state index in [2.05, 4.69) is 0 Å². The monoisotopic (exact) mass is 363 g/mol. The summed E-state index contributed by atoms with van der Waals surface area (Å²) < 4.78 is 0. The highest BCUT2D eigenvalue weighted by molar-refractivity contribution is 5.73. The fourth-order valence-electron chi connectivity index (χ4n) is 3.22. The maximum absolute atomic E-state index is 11.0. The summed E-state index contributed by atoms with van der Waals surface area (Å²) in [5.74, 6) is -4.76. The molecule has 0 saturated heterocycles. The van der Waals surface area contributed by atoms with Gasteiger partial charge in [0.1, 0.15) is 0 Å². The van der Waals surface area contributed by atoms with Crippen molar-refractivity contribution >= 4 is 23.9 Å². The average molecular weight is 363 g/mol. The highest BCUT2D eigenvalue weighted by Gasteiger charge is 2.37. The number of carbonyl (C=O) groups is 4. The topological polar surface area (TPSA) is 186 Å². The summed E-state index contributed by atoms with van der Waals surface area (Å²) in [5.41, 5.74) is 0. The van der Waals surface area contributed by atoms with Gasteiger partial charge in [0.2, 0.25) is 0 Å². The second kappa shape index (κ2) is 10.6. The molecular weight excluding hydrogens is 340 g/mol. The highest BCUT2D eigenvalue weighted by atomic mass is 16.4. The zero-order valence-electron chi connectivity index (χ0n) is 13.6. The SMILES string of the molecule is O=C(O)CN(CC(=O)O)[C@@H]1CCCC[C@H]1N(CC(=O)O)CC(=O)O.[OH]. The Labute approximate surface area is 143 Å². The first kappa shape index (κ1) is 22.8. The molecule has 11 heteroatoms. The largest absolute Gasteiger partial charge is 0.480 e. The van der Waals surface area contributed by atoms with Crippen molar-refractivity contribution < 1.29 is 45.1 Å². The van der Waals surface area contributed by atoms with Gasteiger partial charge in [0.25, 0.3) is 0 Å². The first-order chi connectivity index (χ1) is 11.2. The van der Waals surface area contributed by atoms with Crippen LogP contribution in [-0.2, 0) is 19.2 Å². The second-order valence-electron chi connectivity index (χ2n) is 5.80. The molecule has 0 heterocycles. The minimum absolute atomic E-state index is 0. The quantitative estimate of drug-likeness (QED) is 0.324. The minimum atomic E-state index is -1.19. The van der Waals surface area contributed by atoms with E-state index in [4.69, 9.17) is 20.4 Å². The molecule has 0 aromatic rings. The molecule has 0 unspecified atom stereocenters. The van der Waals surface area contributed by atoms with Gasteiger partial charge >= 0.3 is 23.9 Å². The Morgan fingerprint density at radius 2 is 0.880 bits per heavy atom. The third-order valence-electron chi connectivity index (χ3n) is 3.99. The van der Waals surface area contributed by atoms with Crippen LogP contribution in [0.5, 0.6) is 0 Å². The zero-order valence-corrected chi connectivity index (χ0v) is 13.6. The zero-order chi connectivity index (χ0) is 18.3. The van der Waals surface area contributed by atoms with Gasteiger partial charge in [0.15, 0.2) is 0 Å². The molecule has 0 aromatic carbocycles. The molecule has 0 aliphatic heterocycles. The van der Waals surface area contributed by atoms with Crippen LogP contribution in [0.4, 0.5) is 0 Å². The van der Waals surface area contributed by atoms with Gasteiger partial charge in [-0.05, 0) is 12.8 Å². The lowest BCUT2D eigenvalue weighted by Gasteiger charge is -2.43. The van der Waals surface area contributed by atoms with Crippen LogP contribution >= 0.6 is 0 Å². The number of hydrogen-bond acceptors (Lipinski definition) is 6. The number of carboxylic acids is 4. The Kier molecular flexibility index (Phi) is 9.64. The molecule has 1 fully saturated rings. The number of carboxylic acid groups (broad SMARTS) is 4. The van der Waals surface area contributed by atoms with Crippen LogP contribution in [0.15, 0.2) is 0 Å². The smallest absolute Gasteiger partial charge is 0.317 e. The van der Waals surface area contributed by atoms with Crippen molar-refractivity contribution in [2.75, 3.05) is 26.2 Å². The Bertz CT molecular complexity index is 421. The standard InChI is InChI=1S/C14H22N2O8.HO/c17-11(18)5-15(6-12(19)20)9-3-1-2-4-10(9)16(7-13(21)22)8-14(23)24;/h9-10H,1-8H2,(H,17,18)(H,19,20)(H,21,22)(H,23,24);1H/t9-,10-;/m1./s1. The van der Waals surface area contributed by atoms with Crippen LogP contribution in [0.3, 0.4) is 0 Å². The van der Waals surface area contributed by atoms with Gasteiger partial charge in [-0.2, -0.15) is 0 Å². The van der Waals surface area contributed by atoms with Crippen LogP contribution in [0.1, 0.15) is 25.7 Å². The normalized spacial score (nSPS) is 20.1. The van der Waals surface area contributed by atoms with Crippen molar-refractivity contribution in [2.45, 2.75) is 37.8 Å². The third-order valence-corrected chi connectivity index (χ3v) is 3.99. The van der Waals surface area contributed by atoms with E-state index in [0.29, 0.717) is 12.8 Å². The van der Waals surface area contributed by atoms with Crippen molar-refractivity contribution in [3.63, 3.8) is 0 Å². The average Bonchev–Trinajstić information content (AvgIpc) is 2.44. The van der Waals surface area contributed by atoms with E-state index < -0.39 is 62.1 Å². The summed E-state index contributed by atoms with van der Waals surface area (Å²) >= 11 is 0. The van der Waals surface area contributed by atoms with E-state index in [1.807, 2.05) is 0 Å². The van der Waals surface area contributed by atoms with Gasteiger partial charge in [-0.3, -0.25) is 34.5 Å². The molecule has 5 N–H and O–H groups in total. The molecule has 0 amide bonds. The molecule has 25 heavy (non-hydrogen) atoms. The Morgan fingerprint density at radius 1 is 0.640 bits per heavy atom. The van der Waals surface area contributed by atoms with Crippen LogP contribution < -0.4 is 0 Å². The van der Waals surface area contributed by atoms with Gasteiger partial charge in [-0.25, -0.2) is 0 Å². The molecule has 0 aromatic heterocycles. The number of rotatable bonds is 10. The first-order valence-electron chi connectivity index (χ1n) is 7.56. The molecule has 1 aliphatic rings. The lowest BCUT2D eigenvalue weighted by atomic mass is 9.87. The van der Waals surface area contributed by atoms with Gasteiger partial charge in [-0.1, -0.05) is 12.8 Å². The van der Waals surface area contributed by atoms with E-state index in [1.165, 1.54) is 9.80 Å². The Hall–Kier alpha value is -2.24. The maximum atomic E-state index is 11.0. The summed E-state index contributed by atoms with van der Waals surface area (Å²) in [5, 5.41) is 36.0. The maximum Gasteiger partial charge on any atom is 0.317 e. The molecule has 143 valence electrons. The van der Waals surface area contributed by atoms with Crippen LogP contribution in [-0.4, -0.2) is 97.8 Å².